The van der Waals surface area contributed by atoms with Gasteiger partial charge < -0.3 is 0 Å². The molecule has 1 aromatic heterocycles. The van der Waals surface area contributed by atoms with Crippen LogP contribution in [0.1, 0.15) is 35.1 Å². The Labute approximate surface area is 158 Å². The normalized spacial score (nSPS) is 21.2. The molecule has 4 rings (SSSR count). The first-order valence-corrected chi connectivity index (χ1v) is 8.76. The molecular weight excluding hydrogens is 332 g/mol. The van der Waals surface area contributed by atoms with Gasteiger partial charge in [-0.3, -0.25) is 0 Å². The first-order chi connectivity index (χ1) is 13.1. The monoisotopic (exact) mass is 350 g/mol. The molecular formula is C23H18N4. The molecule has 2 aromatic carbocycles. The van der Waals surface area contributed by atoms with E-state index in [1.165, 1.54) is 0 Å². The van der Waals surface area contributed by atoms with Crippen molar-refractivity contribution in [3.8, 4) is 6.07 Å². The van der Waals surface area contributed by atoms with Gasteiger partial charge in [-0.15, -0.1) is 5.11 Å². The van der Waals surface area contributed by atoms with Crippen LogP contribution in [0, 0.1) is 11.3 Å². The molecule has 0 saturated carbocycles. The summed E-state index contributed by atoms with van der Waals surface area (Å²) in [5, 5.41) is 18.5. The molecule has 2 atom stereocenters. The van der Waals surface area contributed by atoms with E-state index < -0.39 is 5.54 Å². The molecule has 27 heavy (non-hydrogen) atoms. The molecule has 130 valence electrons. The molecule has 0 aliphatic heterocycles. The topological polar surface area (TPSA) is 61.4 Å². The highest BCUT2D eigenvalue weighted by Crippen LogP contribution is 2.55. The van der Waals surface area contributed by atoms with Gasteiger partial charge in [0.15, 0.2) is 5.82 Å². The molecule has 0 unspecified atom stereocenters. The van der Waals surface area contributed by atoms with Crippen molar-refractivity contribution in [3.05, 3.63) is 102 Å². The Balaban J connectivity index is 1.88. The molecule has 0 spiro atoms. The minimum Gasteiger partial charge on any atom is -0.236 e. The Morgan fingerprint density at radius 1 is 1.07 bits per heavy atom. The van der Waals surface area contributed by atoms with Crippen molar-refractivity contribution in [1.29, 1.82) is 5.26 Å². The summed E-state index contributed by atoms with van der Waals surface area (Å²) in [5.41, 5.74) is 4.08. The number of aromatic nitrogens is 1. The summed E-state index contributed by atoms with van der Waals surface area (Å²) in [5.74, 6) is 0.508. The van der Waals surface area contributed by atoms with E-state index in [-0.39, 0.29) is 5.92 Å². The van der Waals surface area contributed by atoms with Crippen molar-refractivity contribution in [2.45, 2.75) is 18.4 Å². The number of benzene rings is 2. The molecule has 4 nitrogen and oxygen atoms in total. The predicted octanol–water partition coefficient (Wildman–Crippen LogP) is 5.76. The van der Waals surface area contributed by atoms with Crippen LogP contribution in [0.3, 0.4) is 0 Å². The van der Waals surface area contributed by atoms with E-state index in [1.807, 2.05) is 54.6 Å². The van der Waals surface area contributed by atoms with Gasteiger partial charge in [-0.2, -0.15) is 10.4 Å². The molecule has 0 fully saturated rings. The summed E-state index contributed by atoms with van der Waals surface area (Å²) >= 11 is 0. The van der Waals surface area contributed by atoms with Crippen molar-refractivity contribution in [1.82, 2.24) is 4.98 Å². The Morgan fingerprint density at radius 2 is 1.85 bits per heavy atom. The van der Waals surface area contributed by atoms with Gasteiger partial charge in [-0.1, -0.05) is 49.0 Å². The molecule has 0 N–H and O–H groups in total. The average Bonchev–Trinajstić information content (AvgIpc) is 2.95. The lowest BCUT2D eigenvalue weighted by Gasteiger charge is -2.28. The van der Waals surface area contributed by atoms with Gasteiger partial charge in [0, 0.05) is 12.1 Å². The number of nitrogens with zero attached hydrogens (tertiary/aromatic N) is 4. The van der Waals surface area contributed by atoms with Crippen LogP contribution in [-0.2, 0) is 5.54 Å². The summed E-state index contributed by atoms with van der Waals surface area (Å²) in [6.45, 7) is 6.42. The molecule has 1 aliphatic rings. The van der Waals surface area contributed by atoms with Crippen LogP contribution >= 0.6 is 0 Å². The fourth-order valence-corrected chi connectivity index (χ4v) is 3.82. The minimum absolute atomic E-state index is 0.0601. The highest BCUT2D eigenvalue weighted by Gasteiger charge is 2.47. The Kier molecular flexibility index (Phi) is 4.13. The van der Waals surface area contributed by atoms with E-state index in [4.69, 9.17) is 5.11 Å². The highest BCUT2D eigenvalue weighted by atomic mass is 15.2. The first-order valence-electron chi connectivity index (χ1n) is 8.76. The fourth-order valence-electron chi connectivity index (χ4n) is 3.82. The number of hydrogen-bond acceptors (Lipinski definition) is 4. The summed E-state index contributed by atoms with van der Waals surface area (Å²) in [4.78, 5) is 4.25. The molecule has 0 bridgehead atoms. The maximum atomic E-state index is 9.29. The van der Waals surface area contributed by atoms with Crippen molar-refractivity contribution in [2.75, 3.05) is 0 Å². The molecule has 3 aromatic rings. The zero-order valence-corrected chi connectivity index (χ0v) is 15.0. The van der Waals surface area contributed by atoms with E-state index in [2.05, 4.69) is 41.8 Å². The van der Waals surface area contributed by atoms with Gasteiger partial charge in [0.1, 0.15) is 5.54 Å². The van der Waals surface area contributed by atoms with Gasteiger partial charge in [-0.25, -0.2) is 4.98 Å². The van der Waals surface area contributed by atoms with E-state index in [0.29, 0.717) is 11.4 Å². The maximum absolute atomic E-state index is 9.29. The van der Waals surface area contributed by atoms with Crippen LogP contribution in [-0.4, -0.2) is 4.98 Å². The highest BCUT2D eigenvalue weighted by molar-refractivity contribution is 5.81. The third-order valence-corrected chi connectivity index (χ3v) is 5.09. The molecule has 0 saturated heterocycles. The van der Waals surface area contributed by atoms with Crippen LogP contribution in [0.5, 0.6) is 0 Å². The average molecular weight is 350 g/mol. The summed E-state index contributed by atoms with van der Waals surface area (Å²) in [6.07, 6.45) is 1.70. The number of rotatable bonds is 3. The lowest BCUT2D eigenvalue weighted by molar-refractivity contribution is 0.451. The Hall–Kier alpha value is -3.58. The zero-order valence-electron chi connectivity index (χ0n) is 15.0. The van der Waals surface area contributed by atoms with Crippen LogP contribution in [0.15, 0.2) is 89.7 Å². The van der Waals surface area contributed by atoms with Crippen LogP contribution in [0.2, 0.25) is 0 Å². The first kappa shape index (κ1) is 16.9. The number of nitriles is 1. The van der Waals surface area contributed by atoms with Gasteiger partial charge in [0.25, 0.3) is 0 Å². The quantitative estimate of drug-likeness (QED) is 0.564. The third kappa shape index (κ3) is 2.84. The third-order valence-electron chi connectivity index (χ3n) is 5.09. The Bertz CT molecular complexity index is 1060. The second-order valence-corrected chi connectivity index (χ2v) is 6.78. The standard InChI is InChI=1S/C23H18N4/c1-16-19-14-17(15-24)11-12-20(19)23(2,22(16)18-8-4-3-5-9-18)27-26-21-10-6-7-13-25-21/h3-14,22H,1H2,2H3/t22-,23-/m0/s1. The smallest absolute Gasteiger partial charge is 0.173 e. The summed E-state index contributed by atoms with van der Waals surface area (Å²) < 4.78 is 0. The van der Waals surface area contributed by atoms with Gasteiger partial charge in [0.2, 0.25) is 0 Å². The van der Waals surface area contributed by atoms with E-state index >= 15 is 0 Å². The molecule has 0 radical (unpaired) electrons. The summed E-state index contributed by atoms with van der Waals surface area (Å²) in [7, 11) is 0. The van der Waals surface area contributed by atoms with Crippen LogP contribution in [0.25, 0.3) is 5.57 Å². The van der Waals surface area contributed by atoms with Gasteiger partial charge >= 0.3 is 0 Å². The molecule has 4 heteroatoms. The Morgan fingerprint density at radius 3 is 2.56 bits per heavy atom. The van der Waals surface area contributed by atoms with Gasteiger partial charge in [-0.05, 0) is 53.5 Å². The van der Waals surface area contributed by atoms with Crippen molar-refractivity contribution in [2.24, 2.45) is 10.2 Å². The number of fused-ring (bicyclic) bond motifs is 1. The maximum Gasteiger partial charge on any atom is 0.173 e. The molecule has 1 heterocycles. The lowest BCUT2D eigenvalue weighted by Crippen LogP contribution is -2.23. The van der Waals surface area contributed by atoms with Crippen molar-refractivity contribution in [3.63, 3.8) is 0 Å². The number of azo groups is 1. The summed E-state index contributed by atoms with van der Waals surface area (Å²) in [6, 6.07) is 23.7. The molecule has 1 aliphatic carbocycles. The van der Waals surface area contributed by atoms with Crippen molar-refractivity contribution >= 4 is 11.4 Å². The minimum atomic E-state index is -0.626. The van der Waals surface area contributed by atoms with E-state index in [9.17, 15) is 5.26 Å². The van der Waals surface area contributed by atoms with Gasteiger partial charge in [0.05, 0.1) is 11.6 Å². The predicted molar refractivity (Wildman–Crippen MR) is 105 cm³/mol. The van der Waals surface area contributed by atoms with Crippen LogP contribution < -0.4 is 0 Å². The largest absolute Gasteiger partial charge is 0.236 e. The van der Waals surface area contributed by atoms with E-state index in [1.54, 1.807) is 6.20 Å². The van der Waals surface area contributed by atoms with Crippen molar-refractivity contribution < 1.29 is 0 Å². The molecule has 0 amide bonds. The second kappa shape index (κ2) is 6.62. The SMILES string of the molecule is C=C1c2cc(C#N)ccc2[C@](C)(N=Nc2ccccn2)[C@@H]1c1ccccc1. The zero-order chi connectivity index (χ0) is 18.9. The number of pyridine rings is 1. The lowest BCUT2D eigenvalue weighted by atomic mass is 9.80. The van der Waals surface area contributed by atoms with E-state index in [0.717, 1.165) is 22.3 Å². The fraction of sp³-hybridized carbons (Fsp3) is 0.130. The van der Waals surface area contributed by atoms with Crippen LogP contribution in [0.4, 0.5) is 5.82 Å². The second-order valence-electron chi connectivity index (χ2n) is 6.78. The number of hydrogen-bond donors (Lipinski definition) is 0.